The van der Waals surface area contributed by atoms with E-state index in [-0.39, 0.29) is 17.7 Å². The van der Waals surface area contributed by atoms with Crippen LogP contribution in [0.15, 0.2) is 22.7 Å². The third-order valence-corrected chi connectivity index (χ3v) is 3.88. The van der Waals surface area contributed by atoms with Crippen molar-refractivity contribution in [3.8, 4) is 0 Å². The summed E-state index contributed by atoms with van der Waals surface area (Å²) in [5.74, 6) is 0.185. The zero-order valence-corrected chi connectivity index (χ0v) is 10.3. The molecule has 80 valence electrons. The number of carbonyl (C=O) groups is 1. The van der Waals surface area contributed by atoms with E-state index in [1.165, 1.54) is 0 Å². The first-order valence-electron chi connectivity index (χ1n) is 5.22. The average Bonchev–Trinajstić information content (AvgIpc) is 2.57. The Morgan fingerprint density at radius 3 is 2.93 bits per heavy atom. The van der Waals surface area contributed by atoms with Crippen LogP contribution in [0.2, 0.25) is 0 Å². The second-order valence-electron chi connectivity index (χ2n) is 4.01. The molecule has 2 nitrogen and oxygen atoms in total. The number of benzene rings is 1. The van der Waals surface area contributed by atoms with E-state index in [2.05, 4.69) is 15.9 Å². The Hall–Kier alpha value is -0.670. The van der Waals surface area contributed by atoms with Gasteiger partial charge in [-0.25, -0.2) is 0 Å². The minimum absolute atomic E-state index is 0.0169. The molecule has 0 saturated carbocycles. The van der Waals surface area contributed by atoms with Crippen LogP contribution in [0.5, 0.6) is 0 Å². The fourth-order valence-electron chi connectivity index (χ4n) is 2.14. The number of fused-ring (bicyclic) bond motifs is 1. The van der Waals surface area contributed by atoms with Gasteiger partial charge in [0, 0.05) is 22.0 Å². The highest BCUT2D eigenvalue weighted by Gasteiger charge is 2.34. The van der Waals surface area contributed by atoms with Crippen molar-refractivity contribution in [1.29, 1.82) is 0 Å². The Balaban J connectivity index is 2.37. The first-order chi connectivity index (χ1) is 7.15. The topological polar surface area (TPSA) is 43.1 Å². The van der Waals surface area contributed by atoms with Crippen LogP contribution in [-0.2, 0) is 6.42 Å². The largest absolute Gasteiger partial charge is 0.327 e. The van der Waals surface area contributed by atoms with Gasteiger partial charge in [0.2, 0.25) is 0 Å². The van der Waals surface area contributed by atoms with Gasteiger partial charge in [0.05, 0.1) is 0 Å². The summed E-state index contributed by atoms with van der Waals surface area (Å²) in [7, 11) is 0. The minimum atomic E-state index is -0.0244. The van der Waals surface area contributed by atoms with E-state index in [0.717, 1.165) is 28.4 Å². The van der Waals surface area contributed by atoms with Gasteiger partial charge in [0.15, 0.2) is 5.78 Å². The van der Waals surface area contributed by atoms with Gasteiger partial charge >= 0.3 is 0 Å². The molecule has 0 aromatic heterocycles. The van der Waals surface area contributed by atoms with Crippen molar-refractivity contribution in [3.63, 3.8) is 0 Å². The molecule has 1 aromatic carbocycles. The molecule has 2 atom stereocenters. The molecule has 1 aliphatic rings. The summed E-state index contributed by atoms with van der Waals surface area (Å²) in [4.78, 5) is 12.0. The average molecular weight is 268 g/mol. The molecule has 0 bridgehead atoms. The standard InChI is InChI=1S/C12H14BrNO/c1-2-11(14)9-6-8-7(12(9)15)4-3-5-10(8)13/h3-5,9,11H,2,6,14H2,1H3. The number of Topliss-reactive ketones (excluding diaryl/α,β-unsaturated/α-hetero) is 1. The second-order valence-corrected chi connectivity index (χ2v) is 4.87. The molecule has 1 aromatic rings. The Kier molecular flexibility index (Phi) is 2.94. The maximum absolute atomic E-state index is 12.0. The van der Waals surface area contributed by atoms with Crippen molar-refractivity contribution in [1.82, 2.24) is 0 Å². The zero-order valence-electron chi connectivity index (χ0n) is 8.66. The van der Waals surface area contributed by atoms with Gasteiger partial charge in [-0.05, 0) is 24.5 Å². The smallest absolute Gasteiger partial charge is 0.168 e. The molecule has 2 N–H and O–H groups in total. The quantitative estimate of drug-likeness (QED) is 0.895. The minimum Gasteiger partial charge on any atom is -0.327 e. The molecule has 2 rings (SSSR count). The number of ketones is 1. The SMILES string of the molecule is CCC(N)C1Cc2c(Br)cccc2C1=O. The van der Waals surface area contributed by atoms with Gasteiger partial charge in [-0.1, -0.05) is 35.0 Å². The van der Waals surface area contributed by atoms with Crippen molar-refractivity contribution < 1.29 is 4.79 Å². The van der Waals surface area contributed by atoms with E-state index in [0.29, 0.717) is 0 Å². The van der Waals surface area contributed by atoms with Crippen LogP contribution in [0.3, 0.4) is 0 Å². The van der Waals surface area contributed by atoms with E-state index in [1.807, 2.05) is 25.1 Å². The monoisotopic (exact) mass is 267 g/mol. The number of hydrogen-bond donors (Lipinski definition) is 1. The van der Waals surface area contributed by atoms with Crippen LogP contribution < -0.4 is 5.73 Å². The normalized spacial score (nSPS) is 21.5. The summed E-state index contributed by atoms with van der Waals surface area (Å²) in [5.41, 5.74) is 7.93. The zero-order chi connectivity index (χ0) is 11.0. The predicted molar refractivity (Wildman–Crippen MR) is 63.9 cm³/mol. The third kappa shape index (κ3) is 1.74. The van der Waals surface area contributed by atoms with Crippen LogP contribution in [0.4, 0.5) is 0 Å². The van der Waals surface area contributed by atoms with Crippen LogP contribution in [0.1, 0.15) is 29.3 Å². The molecule has 0 heterocycles. The molecule has 15 heavy (non-hydrogen) atoms. The fourth-order valence-corrected chi connectivity index (χ4v) is 2.67. The third-order valence-electron chi connectivity index (χ3n) is 3.13. The number of halogens is 1. The van der Waals surface area contributed by atoms with E-state index in [4.69, 9.17) is 5.73 Å². The second kappa shape index (κ2) is 4.06. The summed E-state index contributed by atoms with van der Waals surface area (Å²) in [6.45, 7) is 2.02. The Morgan fingerprint density at radius 2 is 2.33 bits per heavy atom. The molecule has 3 heteroatoms. The molecule has 0 amide bonds. The molecule has 0 saturated heterocycles. The van der Waals surface area contributed by atoms with Crippen molar-refractivity contribution in [2.75, 3.05) is 0 Å². The van der Waals surface area contributed by atoms with Crippen LogP contribution in [0, 0.1) is 5.92 Å². The Morgan fingerprint density at radius 1 is 1.60 bits per heavy atom. The molecule has 1 aliphatic carbocycles. The number of rotatable bonds is 2. The van der Waals surface area contributed by atoms with Gasteiger partial charge in [-0.2, -0.15) is 0 Å². The molecular formula is C12H14BrNO. The number of nitrogens with two attached hydrogens (primary N) is 1. The summed E-state index contributed by atoms with van der Waals surface area (Å²) < 4.78 is 1.03. The van der Waals surface area contributed by atoms with E-state index < -0.39 is 0 Å². The molecule has 0 spiro atoms. The lowest BCUT2D eigenvalue weighted by atomic mass is 9.94. The molecule has 0 aliphatic heterocycles. The van der Waals surface area contributed by atoms with Gasteiger partial charge in [-0.3, -0.25) is 4.79 Å². The Bertz CT molecular complexity index is 403. The Labute approximate surface area is 98.0 Å². The van der Waals surface area contributed by atoms with Crippen molar-refractivity contribution in [2.45, 2.75) is 25.8 Å². The molecule has 0 radical (unpaired) electrons. The maximum Gasteiger partial charge on any atom is 0.168 e. The summed E-state index contributed by atoms with van der Waals surface area (Å²) >= 11 is 3.48. The van der Waals surface area contributed by atoms with E-state index >= 15 is 0 Å². The maximum atomic E-state index is 12.0. The van der Waals surface area contributed by atoms with E-state index in [9.17, 15) is 4.79 Å². The van der Waals surface area contributed by atoms with Crippen molar-refractivity contribution >= 4 is 21.7 Å². The van der Waals surface area contributed by atoms with Gasteiger partial charge in [-0.15, -0.1) is 0 Å². The first-order valence-corrected chi connectivity index (χ1v) is 6.01. The summed E-state index contributed by atoms with van der Waals surface area (Å²) in [5, 5.41) is 0. The fraction of sp³-hybridized carbons (Fsp3) is 0.417. The van der Waals surface area contributed by atoms with Gasteiger partial charge in [0.1, 0.15) is 0 Å². The van der Waals surface area contributed by atoms with Gasteiger partial charge in [0.25, 0.3) is 0 Å². The lowest BCUT2D eigenvalue weighted by Crippen LogP contribution is -2.33. The van der Waals surface area contributed by atoms with Crippen molar-refractivity contribution in [2.24, 2.45) is 11.7 Å². The molecule has 2 unspecified atom stereocenters. The lowest BCUT2D eigenvalue weighted by molar-refractivity contribution is 0.0918. The van der Waals surface area contributed by atoms with Crippen LogP contribution in [-0.4, -0.2) is 11.8 Å². The highest BCUT2D eigenvalue weighted by Crippen LogP contribution is 2.33. The summed E-state index contributed by atoms with van der Waals surface area (Å²) in [6.07, 6.45) is 1.63. The highest BCUT2D eigenvalue weighted by molar-refractivity contribution is 9.10. The number of carbonyl (C=O) groups excluding carboxylic acids is 1. The van der Waals surface area contributed by atoms with Crippen molar-refractivity contribution in [3.05, 3.63) is 33.8 Å². The summed E-state index contributed by atoms with van der Waals surface area (Å²) in [6, 6.07) is 5.76. The molecular weight excluding hydrogens is 254 g/mol. The predicted octanol–water partition coefficient (Wildman–Crippen LogP) is 2.54. The highest BCUT2D eigenvalue weighted by atomic mass is 79.9. The number of hydrogen-bond acceptors (Lipinski definition) is 2. The van der Waals surface area contributed by atoms with Crippen LogP contribution in [0.25, 0.3) is 0 Å². The van der Waals surface area contributed by atoms with Gasteiger partial charge < -0.3 is 5.73 Å². The van der Waals surface area contributed by atoms with Crippen LogP contribution >= 0.6 is 15.9 Å². The first kappa shape index (κ1) is 10.8. The van der Waals surface area contributed by atoms with E-state index in [1.54, 1.807) is 0 Å². The molecule has 0 fully saturated rings. The lowest BCUT2D eigenvalue weighted by Gasteiger charge is -2.14.